The molecule has 1 saturated heterocycles. The Kier molecular flexibility index (Phi) is 7.55. The number of nitrogens with one attached hydrogen (secondary N) is 2. The number of carbonyl (C=O) groups excluding carboxylic acids is 1. The van der Waals surface area contributed by atoms with E-state index in [1.54, 1.807) is 47.0 Å². The van der Waals surface area contributed by atoms with Crippen molar-refractivity contribution in [3.8, 4) is 0 Å². The molecule has 0 radical (unpaired) electrons. The molecule has 1 aliphatic rings. The number of hydrogen-bond acceptors (Lipinski definition) is 4. The Morgan fingerprint density at radius 3 is 2.74 bits per heavy atom. The molecular formula is C27H31FN4O2. The van der Waals surface area contributed by atoms with E-state index in [9.17, 15) is 14.0 Å². The van der Waals surface area contributed by atoms with Crippen molar-refractivity contribution in [2.75, 3.05) is 13.6 Å². The van der Waals surface area contributed by atoms with E-state index in [1.165, 1.54) is 6.07 Å². The monoisotopic (exact) mass is 462 g/mol. The van der Waals surface area contributed by atoms with Gasteiger partial charge in [-0.25, -0.2) is 4.39 Å². The lowest BCUT2D eigenvalue weighted by molar-refractivity contribution is 0.0789. The number of pyridine rings is 1. The van der Waals surface area contributed by atoms with E-state index in [0.717, 1.165) is 36.0 Å². The number of hydrazine groups is 1. The van der Waals surface area contributed by atoms with Gasteiger partial charge in [0.1, 0.15) is 11.4 Å². The average molecular weight is 463 g/mol. The summed E-state index contributed by atoms with van der Waals surface area (Å²) < 4.78 is 15.1. The number of benzene rings is 2. The molecule has 0 spiro atoms. The quantitative estimate of drug-likeness (QED) is 0.534. The molecule has 0 aliphatic carbocycles. The zero-order chi connectivity index (χ0) is 24.1. The van der Waals surface area contributed by atoms with Crippen molar-refractivity contribution in [3.63, 3.8) is 0 Å². The van der Waals surface area contributed by atoms with E-state index in [2.05, 4.69) is 10.9 Å². The normalized spacial score (nSPS) is 17.6. The van der Waals surface area contributed by atoms with Gasteiger partial charge < -0.3 is 9.47 Å². The fourth-order valence-electron chi connectivity index (χ4n) is 4.47. The van der Waals surface area contributed by atoms with Crippen LogP contribution in [0.5, 0.6) is 0 Å². The summed E-state index contributed by atoms with van der Waals surface area (Å²) in [5.41, 5.74) is 9.49. The maximum Gasteiger partial charge on any atom is 0.263 e. The number of aryl methyl sites for hydroxylation is 1. The SMILES string of the molecule is Cc1cccc(Cn2cccc(C(=O)N(C)CCCC3CC(c4cccc(F)c4)NN3)c2=O)c1. The number of aromatic nitrogens is 1. The van der Waals surface area contributed by atoms with Crippen molar-refractivity contribution >= 4 is 5.91 Å². The minimum atomic E-state index is -0.277. The zero-order valence-electron chi connectivity index (χ0n) is 19.6. The van der Waals surface area contributed by atoms with Gasteiger partial charge >= 0.3 is 0 Å². The van der Waals surface area contributed by atoms with Gasteiger partial charge in [-0.05, 0) is 61.6 Å². The Morgan fingerprint density at radius 2 is 1.94 bits per heavy atom. The van der Waals surface area contributed by atoms with Crippen LogP contribution in [-0.4, -0.2) is 35.0 Å². The number of hydrogen-bond donors (Lipinski definition) is 2. The lowest BCUT2D eigenvalue weighted by atomic mass is 9.99. The van der Waals surface area contributed by atoms with Gasteiger partial charge in [-0.1, -0.05) is 42.0 Å². The maximum absolute atomic E-state index is 13.5. The standard InChI is InChI=1S/C27H31FN4O2/c1-19-7-3-8-20(15-19)18-32-14-6-12-24(27(32)34)26(33)31(2)13-5-11-23-17-25(30-29-23)21-9-4-10-22(28)16-21/h3-4,6-10,12,14-16,23,25,29-30H,5,11,13,17-18H2,1-2H3. The first-order valence-electron chi connectivity index (χ1n) is 11.7. The first-order valence-corrected chi connectivity index (χ1v) is 11.7. The minimum absolute atomic E-state index is 0.0660. The van der Waals surface area contributed by atoms with Gasteiger partial charge in [0, 0.05) is 31.9 Å². The molecule has 2 heterocycles. The molecule has 2 aromatic carbocycles. The van der Waals surface area contributed by atoms with Gasteiger partial charge in [0.05, 0.1) is 6.54 Å². The third-order valence-electron chi connectivity index (χ3n) is 6.31. The molecule has 0 saturated carbocycles. The van der Waals surface area contributed by atoms with Gasteiger partial charge in [0.25, 0.3) is 11.5 Å². The molecule has 3 aromatic rings. The molecule has 2 unspecified atom stereocenters. The second-order valence-electron chi connectivity index (χ2n) is 9.04. The predicted molar refractivity (Wildman–Crippen MR) is 131 cm³/mol. The summed E-state index contributed by atoms with van der Waals surface area (Å²) in [6.45, 7) is 2.99. The van der Waals surface area contributed by atoms with Crippen LogP contribution in [0.3, 0.4) is 0 Å². The fraction of sp³-hybridized carbons (Fsp3) is 0.333. The van der Waals surface area contributed by atoms with Crippen LogP contribution in [0.15, 0.2) is 71.7 Å². The third-order valence-corrected chi connectivity index (χ3v) is 6.31. The largest absolute Gasteiger partial charge is 0.342 e. The zero-order valence-corrected chi connectivity index (χ0v) is 19.6. The molecule has 1 aromatic heterocycles. The summed E-state index contributed by atoms with van der Waals surface area (Å²) in [5.74, 6) is -0.500. The van der Waals surface area contributed by atoms with Crippen LogP contribution in [0.25, 0.3) is 0 Å². The average Bonchev–Trinajstić information content (AvgIpc) is 3.29. The summed E-state index contributed by atoms with van der Waals surface area (Å²) >= 11 is 0. The van der Waals surface area contributed by atoms with Crippen LogP contribution in [0.2, 0.25) is 0 Å². The van der Waals surface area contributed by atoms with Crippen molar-refractivity contribution in [2.45, 2.75) is 44.8 Å². The number of carbonyl (C=O) groups is 1. The highest BCUT2D eigenvalue weighted by molar-refractivity contribution is 5.93. The van der Waals surface area contributed by atoms with E-state index < -0.39 is 0 Å². The number of rotatable bonds is 8. The van der Waals surface area contributed by atoms with Crippen LogP contribution in [0, 0.1) is 12.7 Å². The molecule has 1 fully saturated rings. The van der Waals surface area contributed by atoms with Crippen molar-refractivity contribution in [1.82, 2.24) is 20.3 Å². The Hall–Kier alpha value is -3.29. The first kappa shape index (κ1) is 23.9. The Labute approximate surface area is 199 Å². The first-order chi connectivity index (χ1) is 16.4. The van der Waals surface area contributed by atoms with E-state index in [0.29, 0.717) is 13.1 Å². The molecule has 0 bridgehead atoms. The van der Waals surface area contributed by atoms with Crippen molar-refractivity contribution in [3.05, 3.63) is 105 Å². The summed E-state index contributed by atoms with van der Waals surface area (Å²) in [6.07, 6.45) is 4.23. The van der Waals surface area contributed by atoms with Crippen LogP contribution in [0.4, 0.5) is 4.39 Å². The maximum atomic E-state index is 13.5. The molecule has 1 amide bonds. The second kappa shape index (κ2) is 10.8. The molecule has 2 N–H and O–H groups in total. The van der Waals surface area contributed by atoms with Crippen LogP contribution in [-0.2, 0) is 6.54 Å². The van der Waals surface area contributed by atoms with Crippen LogP contribution in [0.1, 0.15) is 52.4 Å². The molecule has 6 nitrogen and oxygen atoms in total. The van der Waals surface area contributed by atoms with Gasteiger partial charge in [0.15, 0.2) is 0 Å². The van der Waals surface area contributed by atoms with Gasteiger partial charge in [-0.2, -0.15) is 0 Å². The number of nitrogens with zero attached hydrogens (tertiary/aromatic N) is 2. The Bertz CT molecular complexity index is 1210. The molecular weight excluding hydrogens is 431 g/mol. The Balaban J connectivity index is 1.30. The van der Waals surface area contributed by atoms with E-state index in [4.69, 9.17) is 0 Å². The second-order valence-corrected chi connectivity index (χ2v) is 9.04. The van der Waals surface area contributed by atoms with Gasteiger partial charge in [-0.3, -0.25) is 20.4 Å². The van der Waals surface area contributed by atoms with Crippen LogP contribution < -0.4 is 16.4 Å². The van der Waals surface area contributed by atoms with E-state index in [-0.39, 0.29) is 34.9 Å². The van der Waals surface area contributed by atoms with E-state index in [1.807, 2.05) is 37.3 Å². The lowest BCUT2D eigenvalue weighted by Crippen LogP contribution is -2.35. The summed E-state index contributed by atoms with van der Waals surface area (Å²) in [6, 6.07) is 18.3. The highest BCUT2D eigenvalue weighted by atomic mass is 19.1. The fourth-order valence-corrected chi connectivity index (χ4v) is 4.47. The summed E-state index contributed by atoms with van der Waals surface area (Å²) in [4.78, 5) is 27.5. The van der Waals surface area contributed by atoms with Crippen molar-refractivity contribution in [1.29, 1.82) is 0 Å². The molecule has 34 heavy (non-hydrogen) atoms. The summed E-state index contributed by atoms with van der Waals surface area (Å²) in [7, 11) is 1.73. The highest BCUT2D eigenvalue weighted by Crippen LogP contribution is 2.24. The molecule has 7 heteroatoms. The molecule has 4 rings (SSSR count). The number of amides is 1. The molecule has 178 valence electrons. The van der Waals surface area contributed by atoms with E-state index >= 15 is 0 Å². The number of halogens is 1. The van der Waals surface area contributed by atoms with Crippen molar-refractivity contribution < 1.29 is 9.18 Å². The Morgan fingerprint density at radius 1 is 1.12 bits per heavy atom. The predicted octanol–water partition coefficient (Wildman–Crippen LogP) is 3.80. The smallest absolute Gasteiger partial charge is 0.263 e. The van der Waals surface area contributed by atoms with Gasteiger partial charge in [0.2, 0.25) is 0 Å². The summed E-state index contributed by atoms with van der Waals surface area (Å²) in [5, 5.41) is 0. The minimum Gasteiger partial charge on any atom is -0.342 e. The molecule has 1 aliphatic heterocycles. The topological polar surface area (TPSA) is 66.4 Å². The third kappa shape index (κ3) is 5.79. The van der Waals surface area contributed by atoms with Crippen LogP contribution >= 0.6 is 0 Å². The lowest BCUT2D eigenvalue weighted by Gasteiger charge is -2.18. The highest BCUT2D eigenvalue weighted by Gasteiger charge is 2.25. The van der Waals surface area contributed by atoms with Crippen molar-refractivity contribution in [2.24, 2.45) is 0 Å². The van der Waals surface area contributed by atoms with Gasteiger partial charge in [-0.15, -0.1) is 0 Å². The molecule has 2 atom stereocenters.